The van der Waals surface area contributed by atoms with Crippen LogP contribution in [0, 0.1) is 0 Å². The molecule has 0 aliphatic carbocycles. The minimum atomic E-state index is -0.470. The second-order valence-electron chi connectivity index (χ2n) is 3.52. The van der Waals surface area contributed by atoms with Gasteiger partial charge in [0.25, 0.3) is 0 Å². The molecule has 0 spiro atoms. The summed E-state index contributed by atoms with van der Waals surface area (Å²) < 4.78 is 4.16. The van der Waals surface area contributed by atoms with Crippen LogP contribution in [0.5, 0.6) is 0 Å². The number of esters is 1. The van der Waals surface area contributed by atoms with Gasteiger partial charge in [0.2, 0.25) is 0 Å². The maximum Gasteiger partial charge on any atom is 0.307 e. The summed E-state index contributed by atoms with van der Waals surface area (Å²) in [5.74, 6) is 0.784. The van der Waals surface area contributed by atoms with Crippen LogP contribution in [0.25, 0.3) is 0 Å². The topological polar surface area (TPSA) is 43.4 Å². The molecule has 1 saturated heterocycles. The highest BCUT2D eigenvalue weighted by Gasteiger charge is 2.43. The number of hydrogen-bond acceptors (Lipinski definition) is 4. The zero-order chi connectivity index (χ0) is 10.6. The Balaban J connectivity index is 2.71. The molecule has 0 bridgehead atoms. The van der Waals surface area contributed by atoms with Crippen molar-refractivity contribution in [2.24, 2.45) is 0 Å². The monoisotopic (exact) mass is 216 g/mol. The molecule has 1 aliphatic heterocycles. The van der Waals surface area contributed by atoms with Gasteiger partial charge in [0.1, 0.15) is 5.78 Å². The first-order chi connectivity index (χ1) is 6.64. The number of ketones is 1. The quantitative estimate of drug-likeness (QED) is 0.672. The Morgan fingerprint density at radius 2 is 2.36 bits per heavy atom. The van der Waals surface area contributed by atoms with Gasteiger partial charge in [-0.1, -0.05) is 13.3 Å². The van der Waals surface area contributed by atoms with Gasteiger partial charge >= 0.3 is 5.97 Å². The van der Waals surface area contributed by atoms with Crippen LogP contribution in [0.1, 0.15) is 32.6 Å². The smallest absolute Gasteiger partial charge is 0.307 e. The Morgan fingerprint density at radius 1 is 1.64 bits per heavy atom. The molecule has 0 aromatic rings. The van der Waals surface area contributed by atoms with Crippen molar-refractivity contribution in [3.8, 4) is 0 Å². The molecular weight excluding hydrogens is 200 g/mol. The van der Waals surface area contributed by atoms with Crippen molar-refractivity contribution in [3.05, 3.63) is 0 Å². The number of hydrogen-bond donors (Lipinski definition) is 0. The van der Waals surface area contributed by atoms with Gasteiger partial charge in [-0.25, -0.2) is 0 Å². The van der Waals surface area contributed by atoms with Gasteiger partial charge in [-0.15, -0.1) is 11.8 Å². The second kappa shape index (κ2) is 4.82. The van der Waals surface area contributed by atoms with Crippen molar-refractivity contribution in [1.29, 1.82) is 0 Å². The third-order valence-corrected chi connectivity index (χ3v) is 4.06. The molecule has 0 radical (unpaired) electrons. The van der Waals surface area contributed by atoms with E-state index >= 15 is 0 Å². The zero-order valence-electron chi connectivity index (χ0n) is 8.67. The van der Waals surface area contributed by atoms with Crippen molar-refractivity contribution < 1.29 is 14.3 Å². The van der Waals surface area contributed by atoms with E-state index < -0.39 is 4.75 Å². The summed E-state index contributed by atoms with van der Waals surface area (Å²) in [7, 11) is 1.37. The average Bonchev–Trinajstić information content (AvgIpc) is 2.49. The van der Waals surface area contributed by atoms with E-state index in [-0.39, 0.29) is 18.2 Å². The highest BCUT2D eigenvalue weighted by Crippen LogP contribution is 2.41. The van der Waals surface area contributed by atoms with Crippen LogP contribution in [0.4, 0.5) is 0 Å². The molecule has 80 valence electrons. The fourth-order valence-corrected chi connectivity index (χ4v) is 3.32. The average molecular weight is 216 g/mol. The molecule has 1 fully saturated rings. The van der Waals surface area contributed by atoms with Crippen LogP contribution >= 0.6 is 11.8 Å². The van der Waals surface area contributed by atoms with Gasteiger partial charge in [-0.2, -0.15) is 0 Å². The lowest BCUT2D eigenvalue weighted by molar-refractivity contribution is -0.142. The standard InChI is InChI=1S/C10H16O3S/c1-3-5-10(7-9(12)13-2)8(11)4-6-14-10/h3-7H2,1-2H3/t10-/m1/s1. The lowest BCUT2D eigenvalue weighted by Crippen LogP contribution is -2.33. The number of ether oxygens (including phenoxy) is 1. The predicted octanol–water partition coefficient (Wildman–Crippen LogP) is 1.79. The van der Waals surface area contributed by atoms with E-state index in [0.717, 1.165) is 18.6 Å². The Kier molecular flexibility index (Phi) is 3.98. The SMILES string of the molecule is CCC[C@]1(CC(=O)OC)SCCC1=O. The first kappa shape index (κ1) is 11.6. The molecule has 1 heterocycles. The van der Waals surface area contributed by atoms with Crippen molar-refractivity contribution in [2.45, 2.75) is 37.4 Å². The summed E-state index contributed by atoms with van der Waals surface area (Å²) in [4.78, 5) is 22.9. The molecule has 1 aliphatic rings. The van der Waals surface area contributed by atoms with Gasteiger partial charge in [-0.05, 0) is 6.42 Å². The normalized spacial score (nSPS) is 26.6. The first-order valence-electron chi connectivity index (χ1n) is 4.88. The molecule has 4 heteroatoms. The Morgan fingerprint density at radius 3 is 2.79 bits per heavy atom. The molecule has 0 N–H and O–H groups in total. The number of rotatable bonds is 4. The molecule has 0 amide bonds. The fraction of sp³-hybridized carbons (Fsp3) is 0.800. The van der Waals surface area contributed by atoms with Crippen LogP contribution in [-0.4, -0.2) is 29.4 Å². The summed E-state index contributed by atoms with van der Waals surface area (Å²) in [6.45, 7) is 2.03. The van der Waals surface area contributed by atoms with Gasteiger partial charge < -0.3 is 4.74 Å². The van der Waals surface area contributed by atoms with Crippen LogP contribution < -0.4 is 0 Å². The summed E-state index contributed by atoms with van der Waals surface area (Å²) in [6.07, 6.45) is 2.55. The van der Waals surface area contributed by atoms with Crippen LogP contribution in [0.3, 0.4) is 0 Å². The van der Waals surface area contributed by atoms with Gasteiger partial charge in [0.05, 0.1) is 18.3 Å². The van der Waals surface area contributed by atoms with Crippen LogP contribution in [0.15, 0.2) is 0 Å². The Labute approximate surface area is 88.6 Å². The molecule has 1 atom stereocenters. The van der Waals surface area contributed by atoms with Crippen LogP contribution in [0.2, 0.25) is 0 Å². The summed E-state index contributed by atoms with van der Waals surface area (Å²) in [5, 5.41) is 0. The zero-order valence-corrected chi connectivity index (χ0v) is 9.49. The molecule has 0 aromatic heterocycles. The van der Waals surface area contributed by atoms with Crippen molar-refractivity contribution in [3.63, 3.8) is 0 Å². The van der Waals surface area contributed by atoms with Gasteiger partial charge in [0, 0.05) is 12.2 Å². The summed E-state index contributed by atoms with van der Waals surface area (Å²) in [5.41, 5.74) is 0. The second-order valence-corrected chi connectivity index (χ2v) is 5.00. The fourth-order valence-electron chi connectivity index (χ4n) is 1.81. The lowest BCUT2D eigenvalue weighted by Gasteiger charge is -2.24. The molecule has 0 unspecified atom stereocenters. The largest absolute Gasteiger partial charge is 0.469 e. The molecule has 0 aromatic carbocycles. The molecule has 14 heavy (non-hydrogen) atoms. The van der Waals surface area contributed by atoms with E-state index in [0.29, 0.717) is 6.42 Å². The number of Topliss-reactive ketones (excluding diaryl/α,β-unsaturated/α-hetero) is 1. The Hall–Kier alpha value is -0.510. The highest BCUT2D eigenvalue weighted by molar-refractivity contribution is 8.02. The molecule has 3 nitrogen and oxygen atoms in total. The minimum absolute atomic E-state index is 0.217. The minimum Gasteiger partial charge on any atom is -0.469 e. The maximum absolute atomic E-state index is 11.7. The van der Waals surface area contributed by atoms with Gasteiger partial charge in [-0.3, -0.25) is 9.59 Å². The first-order valence-corrected chi connectivity index (χ1v) is 5.87. The van der Waals surface area contributed by atoms with Crippen molar-refractivity contribution >= 4 is 23.5 Å². The Bertz CT molecular complexity index is 240. The van der Waals surface area contributed by atoms with E-state index in [1.54, 1.807) is 11.8 Å². The molecule has 0 saturated carbocycles. The third-order valence-electron chi connectivity index (χ3n) is 2.53. The van der Waals surface area contributed by atoms with E-state index in [2.05, 4.69) is 4.74 Å². The van der Waals surface area contributed by atoms with E-state index in [1.807, 2.05) is 6.92 Å². The van der Waals surface area contributed by atoms with E-state index in [9.17, 15) is 9.59 Å². The number of methoxy groups -OCH3 is 1. The highest BCUT2D eigenvalue weighted by atomic mass is 32.2. The maximum atomic E-state index is 11.7. The summed E-state index contributed by atoms with van der Waals surface area (Å²) >= 11 is 1.62. The van der Waals surface area contributed by atoms with Crippen molar-refractivity contribution in [1.82, 2.24) is 0 Å². The van der Waals surface area contributed by atoms with Crippen LogP contribution in [-0.2, 0) is 14.3 Å². The molecular formula is C10H16O3S. The number of thioether (sulfide) groups is 1. The van der Waals surface area contributed by atoms with Crippen molar-refractivity contribution in [2.75, 3.05) is 12.9 Å². The lowest BCUT2D eigenvalue weighted by atomic mass is 9.93. The van der Waals surface area contributed by atoms with E-state index in [1.165, 1.54) is 7.11 Å². The van der Waals surface area contributed by atoms with E-state index in [4.69, 9.17) is 0 Å². The molecule has 1 rings (SSSR count). The predicted molar refractivity (Wildman–Crippen MR) is 56.4 cm³/mol. The summed E-state index contributed by atoms with van der Waals surface area (Å²) in [6, 6.07) is 0. The number of carbonyl (C=O) groups excluding carboxylic acids is 2. The van der Waals surface area contributed by atoms with Gasteiger partial charge in [0.15, 0.2) is 0 Å². The third kappa shape index (κ3) is 2.29. The number of carbonyl (C=O) groups is 2.